The summed E-state index contributed by atoms with van der Waals surface area (Å²) in [6.07, 6.45) is 1.63. The molecule has 148 valence electrons. The van der Waals surface area contributed by atoms with Crippen molar-refractivity contribution in [2.45, 2.75) is 26.2 Å². The number of nitrogens with zero attached hydrogens (tertiary/aromatic N) is 2. The Hall–Kier alpha value is -2.82. The molecule has 0 spiro atoms. The molecule has 3 rings (SSSR count). The molecular formula is C23H28N2O3. The molecule has 0 atom stereocenters. The van der Waals surface area contributed by atoms with Crippen molar-refractivity contribution in [3.8, 4) is 5.75 Å². The fraction of sp³-hybridized carbons (Fsp3) is 0.391. The molecule has 0 aromatic heterocycles. The number of piperazine rings is 1. The summed E-state index contributed by atoms with van der Waals surface area (Å²) >= 11 is 0. The van der Waals surface area contributed by atoms with Gasteiger partial charge in [-0.3, -0.25) is 9.59 Å². The van der Waals surface area contributed by atoms with E-state index >= 15 is 0 Å². The average Bonchev–Trinajstić information content (AvgIpc) is 2.74. The second kappa shape index (κ2) is 9.40. The van der Waals surface area contributed by atoms with Crippen LogP contribution in [0.1, 0.15) is 23.1 Å². The third kappa shape index (κ3) is 5.35. The first kappa shape index (κ1) is 19.9. The normalized spacial score (nSPS) is 14.1. The summed E-state index contributed by atoms with van der Waals surface area (Å²) in [4.78, 5) is 28.7. The molecule has 1 saturated heterocycles. The van der Waals surface area contributed by atoms with Crippen LogP contribution in [0.3, 0.4) is 0 Å². The highest BCUT2D eigenvalue weighted by molar-refractivity contribution is 5.80. The van der Waals surface area contributed by atoms with Gasteiger partial charge < -0.3 is 14.5 Å². The van der Waals surface area contributed by atoms with Gasteiger partial charge in [0.05, 0.1) is 13.5 Å². The van der Waals surface area contributed by atoms with E-state index in [1.54, 1.807) is 7.11 Å². The monoisotopic (exact) mass is 380 g/mol. The Morgan fingerprint density at radius 1 is 0.821 bits per heavy atom. The molecule has 1 heterocycles. The molecule has 2 aromatic rings. The molecule has 0 radical (unpaired) electrons. The Bertz CT molecular complexity index is 792. The Kier molecular flexibility index (Phi) is 6.69. The predicted octanol–water partition coefficient (Wildman–Crippen LogP) is 2.85. The summed E-state index contributed by atoms with van der Waals surface area (Å²) in [6, 6.07) is 15.9. The number of amides is 2. The van der Waals surface area contributed by atoms with Gasteiger partial charge >= 0.3 is 0 Å². The highest BCUT2D eigenvalue weighted by Gasteiger charge is 2.23. The maximum absolute atomic E-state index is 12.5. The van der Waals surface area contributed by atoms with Crippen LogP contribution in [0.5, 0.6) is 5.75 Å². The number of carbonyl (C=O) groups is 2. The molecule has 0 bridgehead atoms. The van der Waals surface area contributed by atoms with Crippen molar-refractivity contribution < 1.29 is 14.3 Å². The summed E-state index contributed by atoms with van der Waals surface area (Å²) in [5.41, 5.74) is 3.35. The lowest BCUT2D eigenvalue weighted by Gasteiger charge is -2.35. The lowest BCUT2D eigenvalue weighted by atomic mass is 10.1. The second-order valence-electron chi connectivity index (χ2n) is 7.27. The van der Waals surface area contributed by atoms with Crippen LogP contribution in [0, 0.1) is 6.92 Å². The van der Waals surface area contributed by atoms with Crippen LogP contribution in [0.25, 0.3) is 0 Å². The summed E-state index contributed by atoms with van der Waals surface area (Å²) < 4.78 is 5.15. The van der Waals surface area contributed by atoms with Crippen molar-refractivity contribution in [3.05, 3.63) is 65.2 Å². The van der Waals surface area contributed by atoms with Crippen LogP contribution in [0.2, 0.25) is 0 Å². The molecule has 0 unspecified atom stereocenters. The van der Waals surface area contributed by atoms with E-state index in [-0.39, 0.29) is 11.8 Å². The zero-order valence-corrected chi connectivity index (χ0v) is 16.7. The van der Waals surface area contributed by atoms with Crippen LogP contribution < -0.4 is 4.74 Å². The van der Waals surface area contributed by atoms with Crippen LogP contribution in [-0.2, 0) is 22.4 Å². The summed E-state index contributed by atoms with van der Waals surface area (Å²) in [7, 11) is 1.64. The van der Waals surface area contributed by atoms with E-state index in [9.17, 15) is 9.59 Å². The van der Waals surface area contributed by atoms with Crippen LogP contribution in [0.15, 0.2) is 48.5 Å². The first-order valence-corrected chi connectivity index (χ1v) is 9.79. The maximum Gasteiger partial charge on any atom is 0.227 e. The highest BCUT2D eigenvalue weighted by atomic mass is 16.5. The lowest BCUT2D eigenvalue weighted by Crippen LogP contribution is -2.51. The van der Waals surface area contributed by atoms with E-state index in [0.717, 1.165) is 23.3 Å². The molecule has 2 amide bonds. The number of methoxy groups -OCH3 is 1. The molecule has 2 aromatic carbocycles. The van der Waals surface area contributed by atoms with Gasteiger partial charge in [0.25, 0.3) is 0 Å². The Morgan fingerprint density at radius 2 is 1.36 bits per heavy atom. The topological polar surface area (TPSA) is 49.9 Å². The minimum Gasteiger partial charge on any atom is -0.497 e. The van der Waals surface area contributed by atoms with Crippen LogP contribution in [0.4, 0.5) is 0 Å². The number of carbonyl (C=O) groups excluding carboxylic acids is 2. The van der Waals surface area contributed by atoms with Gasteiger partial charge in [-0.1, -0.05) is 42.0 Å². The van der Waals surface area contributed by atoms with Gasteiger partial charge in [-0.2, -0.15) is 0 Å². The van der Waals surface area contributed by atoms with Crippen molar-refractivity contribution in [1.29, 1.82) is 0 Å². The number of benzene rings is 2. The van der Waals surface area contributed by atoms with Gasteiger partial charge in [0.15, 0.2) is 0 Å². The largest absolute Gasteiger partial charge is 0.497 e. The molecule has 0 N–H and O–H groups in total. The number of hydrogen-bond donors (Lipinski definition) is 0. The first-order valence-electron chi connectivity index (χ1n) is 9.79. The Morgan fingerprint density at radius 3 is 1.93 bits per heavy atom. The molecule has 0 saturated carbocycles. The molecule has 5 heteroatoms. The summed E-state index contributed by atoms with van der Waals surface area (Å²) in [6.45, 7) is 4.48. The van der Waals surface area contributed by atoms with E-state index in [1.807, 2.05) is 65.3 Å². The average molecular weight is 380 g/mol. The molecule has 1 aliphatic heterocycles. The Labute approximate surface area is 166 Å². The van der Waals surface area contributed by atoms with Gasteiger partial charge in [-0.15, -0.1) is 0 Å². The smallest absolute Gasteiger partial charge is 0.227 e. The fourth-order valence-electron chi connectivity index (χ4n) is 3.40. The van der Waals surface area contributed by atoms with E-state index in [1.165, 1.54) is 5.56 Å². The van der Waals surface area contributed by atoms with Gasteiger partial charge in [0.2, 0.25) is 11.8 Å². The van der Waals surface area contributed by atoms with Gasteiger partial charge in [-0.25, -0.2) is 0 Å². The molecule has 28 heavy (non-hydrogen) atoms. The predicted molar refractivity (Wildman–Crippen MR) is 109 cm³/mol. The summed E-state index contributed by atoms with van der Waals surface area (Å²) in [5, 5.41) is 0. The van der Waals surface area contributed by atoms with Crippen molar-refractivity contribution >= 4 is 11.8 Å². The number of hydrogen-bond acceptors (Lipinski definition) is 3. The summed E-state index contributed by atoms with van der Waals surface area (Å²) in [5.74, 6) is 1.11. The van der Waals surface area contributed by atoms with E-state index in [2.05, 4.69) is 0 Å². The van der Waals surface area contributed by atoms with E-state index in [0.29, 0.717) is 39.0 Å². The number of rotatable bonds is 6. The zero-order chi connectivity index (χ0) is 19.9. The molecule has 5 nitrogen and oxygen atoms in total. The minimum absolute atomic E-state index is 0.134. The third-order valence-electron chi connectivity index (χ3n) is 5.25. The molecule has 1 fully saturated rings. The fourth-order valence-corrected chi connectivity index (χ4v) is 3.40. The molecular weight excluding hydrogens is 352 g/mol. The van der Waals surface area contributed by atoms with Crippen molar-refractivity contribution in [1.82, 2.24) is 9.80 Å². The zero-order valence-electron chi connectivity index (χ0n) is 16.7. The van der Waals surface area contributed by atoms with E-state index < -0.39 is 0 Å². The third-order valence-corrected chi connectivity index (χ3v) is 5.25. The first-order chi connectivity index (χ1) is 13.5. The van der Waals surface area contributed by atoms with Gasteiger partial charge in [0, 0.05) is 32.6 Å². The van der Waals surface area contributed by atoms with E-state index in [4.69, 9.17) is 4.74 Å². The SMILES string of the molecule is COc1ccc(CCC(=O)N2CCN(C(=O)Cc3ccc(C)cc3)CC2)cc1. The van der Waals surface area contributed by atoms with Crippen LogP contribution in [-0.4, -0.2) is 54.9 Å². The van der Waals surface area contributed by atoms with Crippen molar-refractivity contribution in [3.63, 3.8) is 0 Å². The van der Waals surface area contributed by atoms with Crippen LogP contribution >= 0.6 is 0 Å². The van der Waals surface area contributed by atoms with Crippen molar-refractivity contribution in [2.24, 2.45) is 0 Å². The van der Waals surface area contributed by atoms with Gasteiger partial charge in [-0.05, 0) is 36.6 Å². The van der Waals surface area contributed by atoms with Crippen molar-refractivity contribution in [2.75, 3.05) is 33.3 Å². The van der Waals surface area contributed by atoms with Gasteiger partial charge in [0.1, 0.15) is 5.75 Å². The molecule has 1 aliphatic rings. The standard InChI is InChI=1S/C23H28N2O3/c1-18-3-5-20(6-4-18)17-23(27)25-15-13-24(14-16-25)22(26)12-9-19-7-10-21(28-2)11-8-19/h3-8,10-11H,9,12-17H2,1-2H3. The second-order valence-corrected chi connectivity index (χ2v) is 7.27. The Balaban J connectivity index is 1.42. The highest BCUT2D eigenvalue weighted by Crippen LogP contribution is 2.14. The number of ether oxygens (including phenoxy) is 1. The maximum atomic E-state index is 12.5. The quantitative estimate of drug-likeness (QED) is 0.774. The molecule has 0 aliphatic carbocycles. The number of aryl methyl sites for hydroxylation is 2. The lowest BCUT2D eigenvalue weighted by molar-refractivity contribution is -0.139. The minimum atomic E-state index is 0.134.